The summed E-state index contributed by atoms with van der Waals surface area (Å²) >= 11 is 0. The highest BCUT2D eigenvalue weighted by Crippen LogP contribution is 2.29. The number of esters is 1. The van der Waals surface area contributed by atoms with Gasteiger partial charge in [0.15, 0.2) is 17.2 Å². The smallest absolute Gasteiger partial charge is 0.337 e. The van der Waals surface area contributed by atoms with Gasteiger partial charge < -0.3 is 9.84 Å². The lowest BCUT2D eigenvalue weighted by atomic mass is 9.82. The molecule has 1 rings (SSSR count). The van der Waals surface area contributed by atoms with E-state index in [1.807, 2.05) is 0 Å². The van der Waals surface area contributed by atoms with Crippen LogP contribution < -0.4 is 0 Å². The van der Waals surface area contributed by atoms with Gasteiger partial charge >= 0.3 is 5.97 Å². The Bertz CT molecular complexity index is 534. The van der Waals surface area contributed by atoms with Gasteiger partial charge in [-0.05, 0) is 40.5 Å². The zero-order valence-corrected chi connectivity index (χ0v) is 12.5. The van der Waals surface area contributed by atoms with Gasteiger partial charge in [-0.25, -0.2) is 4.79 Å². The predicted octanol–water partition coefficient (Wildman–Crippen LogP) is 1.50. The molecule has 5 heteroatoms. The first-order valence-electron chi connectivity index (χ1n) is 6.41. The van der Waals surface area contributed by atoms with E-state index in [9.17, 15) is 19.5 Å². The van der Waals surface area contributed by atoms with Crippen molar-refractivity contribution in [2.45, 2.75) is 46.1 Å². The molecule has 0 bridgehead atoms. The Morgan fingerprint density at radius 2 is 1.60 bits per heavy atom. The average Bonchev–Trinajstić information content (AvgIpc) is 2.41. The Morgan fingerprint density at radius 1 is 1.10 bits per heavy atom. The van der Waals surface area contributed by atoms with E-state index in [0.29, 0.717) is 22.3 Å². The number of rotatable bonds is 4. The van der Waals surface area contributed by atoms with Gasteiger partial charge in [-0.1, -0.05) is 0 Å². The first-order valence-corrected chi connectivity index (χ1v) is 6.41. The second-order valence-electron chi connectivity index (χ2n) is 5.28. The van der Waals surface area contributed by atoms with Gasteiger partial charge in [0.1, 0.15) is 0 Å². The summed E-state index contributed by atoms with van der Waals surface area (Å²) in [5.74, 6) is -1.11. The minimum atomic E-state index is -1.67. The van der Waals surface area contributed by atoms with Crippen LogP contribution in [0.15, 0.2) is 22.3 Å². The quantitative estimate of drug-likeness (QED) is 0.623. The number of methoxy groups -OCH3 is 1. The van der Waals surface area contributed by atoms with Gasteiger partial charge in [0.25, 0.3) is 0 Å². The van der Waals surface area contributed by atoms with Crippen molar-refractivity contribution in [2.75, 3.05) is 7.11 Å². The van der Waals surface area contributed by atoms with Crippen LogP contribution in [0.2, 0.25) is 0 Å². The molecule has 0 fully saturated rings. The second kappa shape index (κ2) is 5.71. The van der Waals surface area contributed by atoms with Crippen LogP contribution in [0.3, 0.4) is 0 Å². The molecule has 0 aromatic rings. The Balaban J connectivity index is 2.96. The third kappa shape index (κ3) is 2.88. The summed E-state index contributed by atoms with van der Waals surface area (Å²) < 4.78 is 4.50. The van der Waals surface area contributed by atoms with Gasteiger partial charge in [0.2, 0.25) is 0 Å². The summed E-state index contributed by atoms with van der Waals surface area (Å²) in [6.07, 6.45) is 0.181. The molecule has 0 spiro atoms. The van der Waals surface area contributed by atoms with Crippen LogP contribution in [-0.4, -0.2) is 35.4 Å². The standard InChI is InChI=1S/C15H20O5/c1-8-9(2)13(17)11(10(3)12(8)16)6-7-15(4,19)14(18)20-5/h19H,6-7H2,1-5H3/t15-/m1/s1. The molecule has 0 radical (unpaired) electrons. The average molecular weight is 280 g/mol. The third-order valence-electron chi connectivity index (χ3n) is 3.80. The maximum Gasteiger partial charge on any atom is 0.337 e. The molecule has 0 saturated carbocycles. The molecular formula is C15H20O5. The molecule has 110 valence electrons. The Morgan fingerprint density at radius 3 is 2.10 bits per heavy atom. The Kier molecular flexibility index (Phi) is 4.65. The highest BCUT2D eigenvalue weighted by Gasteiger charge is 2.34. The number of aliphatic hydroxyl groups is 1. The van der Waals surface area contributed by atoms with Crippen LogP contribution >= 0.6 is 0 Å². The lowest BCUT2D eigenvalue weighted by Gasteiger charge is -2.23. The molecular weight excluding hydrogens is 260 g/mol. The van der Waals surface area contributed by atoms with Crippen LogP contribution in [0, 0.1) is 0 Å². The lowest BCUT2D eigenvalue weighted by molar-refractivity contribution is -0.161. The fraction of sp³-hybridized carbons (Fsp3) is 0.533. The van der Waals surface area contributed by atoms with E-state index in [0.717, 1.165) is 0 Å². The zero-order chi connectivity index (χ0) is 15.7. The highest BCUT2D eigenvalue weighted by atomic mass is 16.5. The number of carbonyl (C=O) groups is 3. The van der Waals surface area contributed by atoms with Crippen molar-refractivity contribution in [3.8, 4) is 0 Å². The SMILES string of the molecule is COC(=O)[C@](C)(O)CCC1=C(C)C(=O)C(C)=C(C)C1=O. The zero-order valence-electron chi connectivity index (χ0n) is 12.5. The van der Waals surface area contributed by atoms with E-state index in [2.05, 4.69) is 4.74 Å². The molecule has 0 heterocycles. The minimum absolute atomic E-state index is 0.0255. The molecule has 0 saturated heterocycles. The van der Waals surface area contributed by atoms with Crippen molar-refractivity contribution < 1.29 is 24.2 Å². The van der Waals surface area contributed by atoms with Crippen molar-refractivity contribution in [3.05, 3.63) is 22.3 Å². The molecule has 0 aromatic carbocycles. The summed E-state index contributed by atoms with van der Waals surface area (Å²) in [5, 5.41) is 9.96. The van der Waals surface area contributed by atoms with Crippen molar-refractivity contribution in [3.63, 3.8) is 0 Å². The molecule has 0 aromatic heterocycles. The number of ether oxygens (including phenoxy) is 1. The van der Waals surface area contributed by atoms with Gasteiger partial charge in [-0.3, -0.25) is 9.59 Å². The van der Waals surface area contributed by atoms with Crippen LogP contribution in [0.5, 0.6) is 0 Å². The van der Waals surface area contributed by atoms with Crippen molar-refractivity contribution in [2.24, 2.45) is 0 Å². The summed E-state index contributed by atoms with van der Waals surface area (Å²) in [7, 11) is 1.19. The largest absolute Gasteiger partial charge is 0.467 e. The molecule has 0 amide bonds. The number of allylic oxidation sites excluding steroid dienone is 4. The monoisotopic (exact) mass is 280 g/mol. The third-order valence-corrected chi connectivity index (χ3v) is 3.80. The second-order valence-corrected chi connectivity index (χ2v) is 5.28. The molecule has 1 N–H and O–H groups in total. The van der Waals surface area contributed by atoms with E-state index in [4.69, 9.17) is 0 Å². The van der Waals surface area contributed by atoms with Crippen LogP contribution in [0.4, 0.5) is 0 Å². The van der Waals surface area contributed by atoms with Crippen molar-refractivity contribution in [1.82, 2.24) is 0 Å². The Labute approximate surface area is 118 Å². The summed E-state index contributed by atoms with van der Waals surface area (Å²) in [4.78, 5) is 35.6. The summed E-state index contributed by atoms with van der Waals surface area (Å²) in [6, 6.07) is 0. The number of Topliss-reactive ketones (excluding diaryl/α,β-unsaturated/α-hetero) is 2. The highest BCUT2D eigenvalue weighted by molar-refractivity contribution is 6.24. The van der Waals surface area contributed by atoms with Crippen LogP contribution in [-0.2, 0) is 19.1 Å². The number of hydrogen-bond acceptors (Lipinski definition) is 5. The van der Waals surface area contributed by atoms with Crippen LogP contribution in [0.25, 0.3) is 0 Å². The molecule has 1 aliphatic rings. The number of carbonyl (C=O) groups excluding carboxylic acids is 3. The van der Waals surface area contributed by atoms with E-state index >= 15 is 0 Å². The van der Waals surface area contributed by atoms with Crippen molar-refractivity contribution in [1.29, 1.82) is 0 Å². The maximum atomic E-state index is 12.2. The molecule has 1 atom stereocenters. The van der Waals surface area contributed by atoms with Gasteiger partial charge in [-0.2, -0.15) is 0 Å². The van der Waals surface area contributed by atoms with E-state index < -0.39 is 11.6 Å². The fourth-order valence-corrected chi connectivity index (χ4v) is 2.15. The van der Waals surface area contributed by atoms with Gasteiger partial charge in [0, 0.05) is 22.3 Å². The normalized spacial score (nSPS) is 19.3. The molecule has 5 nitrogen and oxygen atoms in total. The van der Waals surface area contributed by atoms with Gasteiger partial charge in [0.05, 0.1) is 7.11 Å². The Hall–Kier alpha value is -1.75. The van der Waals surface area contributed by atoms with Gasteiger partial charge in [-0.15, -0.1) is 0 Å². The van der Waals surface area contributed by atoms with E-state index in [1.54, 1.807) is 20.8 Å². The lowest BCUT2D eigenvalue weighted by Crippen LogP contribution is -2.36. The molecule has 0 unspecified atom stereocenters. The van der Waals surface area contributed by atoms with Crippen LogP contribution in [0.1, 0.15) is 40.5 Å². The first-order chi connectivity index (χ1) is 9.13. The first kappa shape index (κ1) is 16.3. The predicted molar refractivity (Wildman–Crippen MR) is 73.0 cm³/mol. The van der Waals surface area contributed by atoms with E-state index in [1.165, 1.54) is 14.0 Å². The fourth-order valence-electron chi connectivity index (χ4n) is 2.15. The topological polar surface area (TPSA) is 80.7 Å². The summed E-state index contributed by atoms with van der Waals surface area (Å²) in [6.45, 7) is 6.16. The maximum absolute atomic E-state index is 12.2. The van der Waals surface area contributed by atoms with Crippen molar-refractivity contribution >= 4 is 17.5 Å². The summed E-state index contributed by atoms with van der Waals surface area (Å²) in [5.41, 5.74) is -0.0412. The number of ketones is 2. The van der Waals surface area contributed by atoms with E-state index in [-0.39, 0.29) is 24.4 Å². The molecule has 0 aliphatic heterocycles. The molecule has 1 aliphatic carbocycles. The molecule has 20 heavy (non-hydrogen) atoms. The number of hydrogen-bond donors (Lipinski definition) is 1. The minimum Gasteiger partial charge on any atom is -0.467 e.